The molecule has 2 aromatic carbocycles. The predicted octanol–water partition coefficient (Wildman–Crippen LogP) is 4.17. The molecule has 1 heterocycles. The summed E-state index contributed by atoms with van der Waals surface area (Å²) in [4.78, 5) is 8.85. The summed E-state index contributed by atoms with van der Waals surface area (Å²) in [6, 6.07) is 13.3. The average Bonchev–Trinajstić information content (AvgIpc) is 2.99. The number of guanidine groups is 1. The minimum absolute atomic E-state index is 0. The lowest BCUT2D eigenvalue weighted by Gasteiger charge is -2.13. The number of aromatic nitrogens is 2. The van der Waals surface area contributed by atoms with E-state index in [9.17, 15) is 4.39 Å². The number of fused-ring (bicyclic) bond motifs is 1. The molecule has 0 saturated carbocycles. The summed E-state index contributed by atoms with van der Waals surface area (Å²) in [7, 11) is 1.75. The van der Waals surface area contributed by atoms with E-state index in [1.165, 1.54) is 11.6 Å². The SMILES string of the molecule is CN=C(NCCCn1c(C)nc2ccccc21)NCc1ccc(F)c(C)c1.I. The third kappa shape index (κ3) is 5.43. The van der Waals surface area contributed by atoms with Crippen molar-refractivity contribution in [2.45, 2.75) is 33.4 Å². The Morgan fingerprint density at radius 1 is 1.14 bits per heavy atom. The zero-order valence-electron chi connectivity index (χ0n) is 16.5. The van der Waals surface area contributed by atoms with Gasteiger partial charge in [-0.3, -0.25) is 4.99 Å². The first-order valence-electron chi connectivity index (χ1n) is 9.20. The molecular formula is C21H27FIN5. The van der Waals surface area contributed by atoms with Crippen molar-refractivity contribution in [3.05, 3.63) is 65.2 Å². The Balaban J connectivity index is 0.00000280. The van der Waals surface area contributed by atoms with Crippen molar-refractivity contribution in [1.29, 1.82) is 0 Å². The molecular weight excluding hydrogens is 468 g/mol. The highest BCUT2D eigenvalue weighted by atomic mass is 127. The van der Waals surface area contributed by atoms with Gasteiger partial charge in [-0.25, -0.2) is 9.37 Å². The van der Waals surface area contributed by atoms with E-state index in [2.05, 4.69) is 31.2 Å². The Morgan fingerprint density at radius 3 is 2.68 bits per heavy atom. The summed E-state index contributed by atoms with van der Waals surface area (Å²) in [6.07, 6.45) is 0.956. The van der Waals surface area contributed by atoms with E-state index in [1.54, 1.807) is 20.0 Å². The van der Waals surface area contributed by atoms with Gasteiger partial charge in [0.25, 0.3) is 0 Å². The summed E-state index contributed by atoms with van der Waals surface area (Å²) in [6.45, 7) is 6.11. The number of imidazole rings is 1. The van der Waals surface area contributed by atoms with Crippen LogP contribution in [0.25, 0.3) is 11.0 Å². The number of rotatable bonds is 6. The fourth-order valence-electron chi connectivity index (χ4n) is 3.15. The van der Waals surface area contributed by atoms with Crippen LogP contribution in [0.2, 0.25) is 0 Å². The summed E-state index contributed by atoms with van der Waals surface area (Å²) in [5.41, 5.74) is 3.89. The number of nitrogens with one attached hydrogen (secondary N) is 2. The molecule has 0 fully saturated rings. The van der Waals surface area contributed by atoms with Crippen molar-refractivity contribution >= 4 is 41.0 Å². The van der Waals surface area contributed by atoms with Gasteiger partial charge in [-0.2, -0.15) is 0 Å². The van der Waals surface area contributed by atoms with E-state index in [0.717, 1.165) is 42.4 Å². The van der Waals surface area contributed by atoms with Crippen LogP contribution in [0, 0.1) is 19.7 Å². The lowest BCUT2D eigenvalue weighted by atomic mass is 10.1. The highest BCUT2D eigenvalue weighted by molar-refractivity contribution is 14.0. The van der Waals surface area contributed by atoms with Crippen LogP contribution in [0.4, 0.5) is 4.39 Å². The van der Waals surface area contributed by atoms with Gasteiger partial charge in [-0.05, 0) is 49.6 Å². The summed E-state index contributed by atoms with van der Waals surface area (Å²) in [5, 5.41) is 6.59. The molecule has 3 aromatic rings. The molecule has 150 valence electrons. The highest BCUT2D eigenvalue weighted by Gasteiger charge is 2.06. The van der Waals surface area contributed by atoms with Crippen molar-refractivity contribution in [3.8, 4) is 0 Å². The Morgan fingerprint density at radius 2 is 1.93 bits per heavy atom. The molecule has 0 atom stereocenters. The third-order valence-corrected chi connectivity index (χ3v) is 4.60. The molecule has 2 N–H and O–H groups in total. The Labute approximate surface area is 182 Å². The Kier molecular flexibility index (Phi) is 8.22. The number of aryl methyl sites for hydroxylation is 3. The Hall–Kier alpha value is -2.16. The van der Waals surface area contributed by atoms with Gasteiger partial charge in [-0.1, -0.05) is 24.3 Å². The minimum atomic E-state index is -0.177. The van der Waals surface area contributed by atoms with Gasteiger partial charge in [0.1, 0.15) is 11.6 Å². The topological polar surface area (TPSA) is 54.2 Å². The Bertz CT molecular complexity index is 951. The molecule has 0 aliphatic carbocycles. The standard InChI is InChI=1S/C21H26FN5.HI/c1-15-13-17(9-10-18(15)22)14-25-21(23-3)24-11-6-12-27-16(2)26-19-7-4-5-8-20(19)27;/h4-5,7-10,13H,6,11-12,14H2,1-3H3,(H2,23,24,25);1H. The molecule has 1 aromatic heterocycles. The van der Waals surface area contributed by atoms with Crippen LogP contribution in [0.5, 0.6) is 0 Å². The van der Waals surface area contributed by atoms with Crippen LogP contribution in [0.1, 0.15) is 23.4 Å². The maximum atomic E-state index is 13.3. The number of hydrogen-bond donors (Lipinski definition) is 2. The largest absolute Gasteiger partial charge is 0.356 e. The number of aliphatic imine (C=N–C) groups is 1. The molecule has 3 rings (SSSR count). The summed E-state index contributed by atoms with van der Waals surface area (Å²) < 4.78 is 15.6. The van der Waals surface area contributed by atoms with Gasteiger partial charge in [0.2, 0.25) is 0 Å². The van der Waals surface area contributed by atoms with Gasteiger partial charge < -0.3 is 15.2 Å². The number of para-hydroxylation sites is 2. The lowest BCUT2D eigenvalue weighted by molar-refractivity contribution is 0.616. The summed E-state index contributed by atoms with van der Waals surface area (Å²) >= 11 is 0. The second-order valence-electron chi connectivity index (χ2n) is 6.59. The molecule has 5 nitrogen and oxygen atoms in total. The monoisotopic (exact) mass is 495 g/mol. The minimum Gasteiger partial charge on any atom is -0.356 e. The smallest absolute Gasteiger partial charge is 0.191 e. The predicted molar refractivity (Wildman–Crippen MR) is 124 cm³/mol. The van der Waals surface area contributed by atoms with Crippen LogP contribution < -0.4 is 10.6 Å². The zero-order valence-corrected chi connectivity index (χ0v) is 18.8. The van der Waals surface area contributed by atoms with Gasteiger partial charge >= 0.3 is 0 Å². The fourth-order valence-corrected chi connectivity index (χ4v) is 3.15. The summed E-state index contributed by atoms with van der Waals surface area (Å²) in [5.74, 6) is 1.60. The van der Waals surface area contributed by atoms with Gasteiger partial charge in [0.05, 0.1) is 11.0 Å². The van der Waals surface area contributed by atoms with Crippen molar-refractivity contribution < 1.29 is 4.39 Å². The van der Waals surface area contributed by atoms with E-state index in [0.29, 0.717) is 12.1 Å². The first-order valence-corrected chi connectivity index (χ1v) is 9.20. The van der Waals surface area contributed by atoms with E-state index < -0.39 is 0 Å². The molecule has 0 radical (unpaired) electrons. The maximum Gasteiger partial charge on any atom is 0.191 e. The number of nitrogens with zero attached hydrogens (tertiary/aromatic N) is 3. The molecule has 0 amide bonds. The number of hydrogen-bond acceptors (Lipinski definition) is 2. The van der Waals surface area contributed by atoms with Gasteiger partial charge in [-0.15, -0.1) is 24.0 Å². The van der Waals surface area contributed by atoms with Crippen molar-refractivity contribution in [3.63, 3.8) is 0 Å². The van der Waals surface area contributed by atoms with Gasteiger partial charge in [0, 0.05) is 26.7 Å². The van der Waals surface area contributed by atoms with E-state index >= 15 is 0 Å². The molecule has 0 aliphatic heterocycles. The second kappa shape index (κ2) is 10.4. The first-order chi connectivity index (χ1) is 13.1. The average molecular weight is 495 g/mol. The van der Waals surface area contributed by atoms with Crippen molar-refractivity contribution in [1.82, 2.24) is 20.2 Å². The quantitative estimate of drug-likeness (QED) is 0.234. The van der Waals surface area contributed by atoms with Crippen LogP contribution in [-0.4, -0.2) is 29.1 Å². The first kappa shape index (κ1) is 22.1. The molecule has 7 heteroatoms. The molecule has 0 bridgehead atoms. The second-order valence-corrected chi connectivity index (χ2v) is 6.59. The van der Waals surface area contributed by atoms with Crippen molar-refractivity contribution in [2.24, 2.45) is 4.99 Å². The van der Waals surface area contributed by atoms with E-state index in [-0.39, 0.29) is 29.8 Å². The normalized spacial score (nSPS) is 11.4. The molecule has 0 saturated heterocycles. The van der Waals surface area contributed by atoms with Crippen LogP contribution >= 0.6 is 24.0 Å². The van der Waals surface area contributed by atoms with Crippen molar-refractivity contribution in [2.75, 3.05) is 13.6 Å². The number of halogens is 2. The lowest BCUT2D eigenvalue weighted by Crippen LogP contribution is -2.37. The number of benzene rings is 2. The van der Waals surface area contributed by atoms with E-state index in [4.69, 9.17) is 0 Å². The molecule has 0 spiro atoms. The molecule has 0 aliphatic rings. The molecule has 28 heavy (non-hydrogen) atoms. The van der Waals surface area contributed by atoms with Crippen LogP contribution in [-0.2, 0) is 13.1 Å². The van der Waals surface area contributed by atoms with Crippen LogP contribution in [0.3, 0.4) is 0 Å². The van der Waals surface area contributed by atoms with E-state index in [1.807, 2.05) is 31.2 Å². The maximum absolute atomic E-state index is 13.3. The van der Waals surface area contributed by atoms with Gasteiger partial charge in [0.15, 0.2) is 5.96 Å². The fraction of sp³-hybridized carbons (Fsp3) is 0.333. The molecule has 0 unspecified atom stereocenters. The highest BCUT2D eigenvalue weighted by Crippen LogP contribution is 2.15. The zero-order chi connectivity index (χ0) is 19.2. The third-order valence-electron chi connectivity index (χ3n) is 4.60. The van der Waals surface area contributed by atoms with Crippen LogP contribution in [0.15, 0.2) is 47.5 Å².